The second kappa shape index (κ2) is 5.18. The first-order valence-corrected chi connectivity index (χ1v) is 7.28. The average Bonchev–Trinajstić information content (AvgIpc) is 3.11. The number of halogens is 3. The van der Waals surface area contributed by atoms with Crippen LogP contribution in [0.2, 0.25) is 0 Å². The molecule has 0 atom stereocenters. The molecule has 1 aliphatic rings. The van der Waals surface area contributed by atoms with E-state index in [0.717, 1.165) is 18.9 Å². The maximum absolute atomic E-state index is 13.0. The van der Waals surface area contributed by atoms with Gasteiger partial charge in [0, 0.05) is 28.1 Å². The lowest BCUT2D eigenvalue weighted by Gasteiger charge is -2.11. The van der Waals surface area contributed by atoms with Crippen LogP contribution in [0, 0.1) is 5.41 Å². The molecule has 1 aromatic carbocycles. The molecular formula is C16H17F3N2O2. The van der Waals surface area contributed by atoms with Crippen LogP contribution in [0.25, 0.3) is 10.9 Å². The Hall–Kier alpha value is -2.18. The molecule has 1 aliphatic carbocycles. The summed E-state index contributed by atoms with van der Waals surface area (Å²) in [7, 11) is 1.21. The molecule has 1 aromatic heterocycles. The van der Waals surface area contributed by atoms with Gasteiger partial charge in [-0.05, 0) is 25.0 Å². The van der Waals surface area contributed by atoms with E-state index in [1.54, 1.807) is 6.07 Å². The fourth-order valence-electron chi connectivity index (χ4n) is 2.51. The number of hydrogen-bond acceptors (Lipinski definition) is 2. The zero-order valence-electron chi connectivity index (χ0n) is 12.8. The third-order valence-electron chi connectivity index (χ3n) is 4.29. The van der Waals surface area contributed by atoms with Gasteiger partial charge in [0.1, 0.15) is 5.75 Å². The molecule has 7 heteroatoms. The second-order valence-electron chi connectivity index (χ2n) is 6.18. The number of methoxy groups -OCH3 is 1. The van der Waals surface area contributed by atoms with E-state index in [0.29, 0.717) is 16.6 Å². The van der Waals surface area contributed by atoms with Crippen molar-refractivity contribution in [2.24, 2.45) is 5.41 Å². The van der Waals surface area contributed by atoms with E-state index in [9.17, 15) is 18.0 Å². The highest BCUT2D eigenvalue weighted by atomic mass is 19.4. The van der Waals surface area contributed by atoms with Crippen LogP contribution in [0.1, 0.15) is 31.0 Å². The van der Waals surface area contributed by atoms with Gasteiger partial charge < -0.3 is 15.0 Å². The van der Waals surface area contributed by atoms with Gasteiger partial charge in [0.2, 0.25) is 5.91 Å². The van der Waals surface area contributed by atoms with Gasteiger partial charge in [0.05, 0.1) is 19.2 Å². The third-order valence-corrected chi connectivity index (χ3v) is 4.29. The summed E-state index contributed by atoms with van der Waals surface area (Å²) in [6.45, 7) is 2.15. The van der Waals surface area contributed by atoms with E-state index >= 15 is 0 Å². The van der Waals surface area contributed by atoms with Gasteiger partial charge in [-0.3, -0.25) is 4.79 Å². The summed E-state index contributed by atoms with van der Waals surface area (Å²) < 4.78 is 43.9. The normalized spacial score (nSPS) is 16.4. The molecular weight excluding hydrogens is 309 g/mol. The lowest BCUT2D eigenvalue weighted by atomic mass is 10.1. The Morgan fingerprint density at radius 3 is 2.61 bits per heavy atom. The number of H-pyrrole nitrogens is 1. The quantitative estimate of drug-likeness (QED) is 0.902. The van der Waals surface area contributed by atoms with Crippen molar-refractivity contribution in [3.8, 4) is 5.75 Å². The number of hydrogen-bond donors (Lipinski definition) is 2. The number of benzene rings is 1. The first-order chi connectivity index (χ1) is 10.7. The molecule has 1 saturated carbocycles. The number of amides is 1. The molecule has 1 heterocycles. The monoisotopic (exact) mass is 326 g/mol. The number of alkyl halides is 3. The number of aromatic nitrogens is 1. The molecule has 0 unspecified atom stereocenters. The highest BCUT2D eigenvalue weighted by molar-refractivity contribution is 5.85. The van der Waals surface area contributed by atoms with E-state index in [1.165, 1.54) is 13.2 Å². The number of aromatic amines is 1. The molecule has 124 valence electrons. The lowest BCUT2D eigenvalue weighted by molar-refractivity contribution is -0.138. The number of carbonyl (C=O) groups is 1. The summed E-state index contributed by atoms with van der Waals surface area (Å²) in [6, 6.07) is 3.99. The van der Waals surface area contributed by atoms with Crippen LogP contribution in [0.5, 0.6) is 5.75 Å². The van der Waals surface area contributed by atoms with E-state index in [1.807, 2.05) is 6.92 Å². The number of fused-ring (bicyclic) bond motifs is 1. The standard InChI is InChI=1S/C16H17F3N2O2/c1-15(3-4-15)14(22)20-8-10-5-9-6-11(16(17,18)19)13(23-2)7-12(9)21-10/h5-7,21H,3-4,8H2,1-2H3,(H,20,22). The fourth-order valence-corrected chi connectivity index (χ4v) is 2.51. The number of ether oxygens (including phenoxy) is 1. The summed E-state index contributed by atoms with van der Waals surface area (Å²) in [5.74, 6) is -0.252. The average molecular weight is 326 g/mol. The molecule has 23 heavy (non-hydrogen) atoms. The Labute approximate surface area is 131 Å². The predicted octanol–water partition coefficient (Wildman–Crippen LogP) is 3.61. The molecule has 0 spiro atoms. The zero-order chi connectivity index (χ0) is 16.8. The van der Waals surface area contributed by atoms with Gasteiger partial charge in [-0.2, -0.15) is 13.2 Å². The number of rotatable bonds is 4. The first-order valence-electron chi connectivity index (χ1n) is 7.28. The Bertz CT molecular complexity index is 761. The molecule has 4 nitrogen and oxygen atoms in total. The second-order valence-corrected chi connectivity index (χ2v) is 6.18. The molecule has 2 N–H and O–H groups in total. The molecule has 0 bridgehead atoms. The van der Waals surface area contributed by atoms with Gasteiger partial charge in [-0.25, -0.2) is 0 Å². The van der Waals surface area contributed by atoms with Gasteiger partial charge in [0.15, 0.2) is 0 Å². The van der Waals surface area contributed by atoms with Gasteiger partial charge in [0.25, 0.3) is 0 Å². The van der Waals surface area contributed by atoms with Crippen molar-refractivity contribution in [3.05, 3.63) is 29.5 Å². The largest absolute Gasteiger partial charge is 0.496 e. The Balaban J connectivity index is 1.85. The van der Waals surface area contributed by atoms with Crippen LogP contribution < -0.4 is 10.1 Å². The van der Waals surface area contributed by atoms with Crippen molar-refractivity contribution in [1.29, 1.82) is 0 Å². The molecule has 1 amide bonds. The SMILES string of the molecule is COc1cc2[nH]c(CNC(=O)C3(C)CC3)cc2cc1C(F)(F)F. The van der Waals surface area contributed by atoms with Gasteiger partial charge in [-0.15, -0.1) is 0 Å². The van der Waals surface area contributed by atoms with Crippen LogP contribution in [0.15, 0.2) is 18.2 Å². The van der Waals surface area contributed by atoms with Crippen molar-refractivity contribution in [1.82, 2.24) is 10.3 Å². The summed E-state index contributed by atoms with van der Waals surface area (Å²) in [5, 5.41) is 3.24. The molecule has 0 radical (unpaired) electrons. The van der Waals surface area contributed by atoms with Crippen LogP contribution in [-0.2, 0) is 17.5 Å². The Kier molecular flexibility index (Phi) is 3.54. The van der Waals surface area contributed by atoms with E-state index in [4.69, 9.17) is 4.74 Å². The van der Waals surface area contributed by atoms with E-state index < -0.39 is 11.7 Å². The van der Waals surface area contributed by atoms with Crippen LogP contribution in [0.4, 0.5) is 13.2 Å². The first kappa shape index (κ1) is 15.7. The maximum Gasteiger partial charge on any atom is 0.419 e. The van der Waals surface area contributed by atoms with E-state index in [2.05, 4.69) is 10.3 Å². The molecule has 1 fully saturated rings. The summed E-state index contributed by atoms with van der Waals surface area (Å²) >= 11 is 0. The maximum atomic E-state index is 13.0. The van der Waals surface area contributed by atoms with Crippen LogP contribution in [-0.4, -0.2) is 18.0 Å². The fraction of sp³-hybridized carbons (Fsp3) is 0.438. The highest BCUT2D eigenvalue weighted by Gasteiger charge is 2.44. The van der Waals surface area contributed by atoms with Crippen LogP contribution in [0.3, 0.4) is 0 Å². The number of nitrogens with one attached hydrogen (secondary N) is 2. The van der Waals surface area contributed by atoms with Crippen LogP contribution >= 0.6 is 0 Å². The Morgan fingerprint density at radius 2 is 2.04 bits per heavy atom. The smallest absolute Gasteiger partial charge is 0.419 e. The molecule has 0 aliphatic heterocycles. The lowest BCUT2D eigenvalue weighted by Crippen LogP contribution is -2.29. The Morgan fingerprint density at radius 1 is 1.35 bits per heavy atom. The van der Waals surface area contributed by atoms with Crippen molar-refractivity contribution in [3.63, 3.8) is 0 Å². The summed E-state index contributed by atoms with van der Waals surface area (Å²) in [5.41, 5.74) is 0.0990. The summed E-state index contributed by atoms with van der Waals surface area (Å²) in [4.78, 5) is 14.9. The van der Waals surface area contributed by atoms with Crippen molar-refractivity contribution < 1.29 is 22.7 Å². The van der Waals surface area contributed by atoms with Crippen molar-refractivity contribution >= 4 is 16.8 Å². The minimum atomic E-state index is -4.48. The minimum Gasteiger partial charge on any atom is -0.496 e. The predicted molar refractivity (Wildman–Crippen MR) is 79.0 cm³/mol. The molecule has 0 saturated heterocycles. The van der Waals surface area contributed by atoms with E-state index in [-0.39, 0.29) is 23.6 Å². The van der Waals surface area contributed by atoms with Gasteiger partial charge >= 0.3 is 6.18 Å². The molecule has 3 rings (SSSR count). The highest BCUT2D eigenvalue weighted by Crippen LogP contribution is 2.45. The third kappa shape index (κ3) is 3.00. The van der Waals surface area contributed by atoms with Gasteiger partial charge in [-0.1, -0.05) is 6.92 Å². The van der Waals surface area contributed by atoms with Crippen molar-refractivity contribution in [2.45, 2.75) is 32.5 Å². The molecule has 2 aromatic rings. The zero-order valence-corrected chi connectivity index (χ0v) is 12.8. The topological polar surface area (TPSA) is 54.1 Å². The van der Waals surface area contributed by atoms with Crippen molar-refractivity contribution in [2.75, 3.05) is 7.11 Å². The summed E-state index contributed by atoms with van der Waals surface area (Å²) in [6.07, 6.45) is -2.74. The number of carbonyl (C=O) groups excluding carboxylic acids is 1. The minimum absolute atomic E-state index is 0.0234.